The molecule has 2 rings (SSSR count). The molecule has 1 aliphatic heterocycles. The van der Waals surface area contributed by atoms with Gasteiger partial charge in [0.1, 0.15) is 11.5 Å². The number of rotatable bonds is 2. The number of hydrogen-bond acceptors (Lipinski definition) is 3. The van der Waals surface area contributed by atoms with Gasteiger partial charge in [0.05, 0.1) is 6.61 Å². The van der Waals surface area contributed by atoms with E-state index in [1.165, 1.54) is 0 Å². The van der Waals surface area contributed by atoms with E-state index in [1.54, 1.807) is 6.92 Å². The lowest BCUT2D eigenvalue weighted by Crippen LogP contribution is -2.12. The van der Waals surface area contributed by atoms with E-state index in [4.69, 9.17) is 9.47 Å². The second-order valence-corrected chi connectivity index (χ2v) is 4.40. The average molecular weight is 271 g/mol. The summed E-state index contributed by atoms with van der Waals surface area (Å²) in [6, 6.07) is 3.86. The van der Waals surface area contributed by atoms with E-state index < -0.39 is 0 Å². The van der Waals surface area contributed by atoms with Crippen LogP contribution in [0.5, 0.6) is 5.75 Å². The maximum atomic E-state index is 11.0. The molecule has 15 heavy (non-hydrogen) atoms. The van der Waals surface area contributed by atoms with E-state index in [9.17, 15) is 4.79 Å². The van der Waals surface area contributed by atoms with Gasteiger partial charge in [0.15, 0.2) is 6.79 Å². The van der Waals surface area contributed by atoms with Crippen LogP contribution in [-0.2, 0) is 22.6 Å². The first-order chi connectivity index (χ1) is 7.16. The van der Waals surface area contributed by atoms with Crippen LogP contribution >= 0.6 is 15.9 Å². The lowest BCUT2D eigenvalue weighted by molar-refractivity contribution is -0.116. The summed E-state index contributed by atoms with van der Waals surface area (Å²) in [6.07, 6.45) is 0.429. The monoisotopic (exact) mass is 270 g/mol. The fourth-order valence-electron chi connectivity index (χ4n) is 1.54. The van der Waals surface area contributed by atoms with Gasteiger partial charge in [-0.25, -0.2) is 0 Å². The maximum absolute atomic E-state index is 11.0. The standard InChI is InChI=1S/C11H11BrO3/c1-7(13)2-8-4-11-9(3-10(8)12)5-14-6-15-11/h3-4H,2,5-6H2,1H3. The molecular formula is C11H11BrO3. The lowest BCUT2D eigenvalue weighted by atomic mass is 10.1. The normalized spacial score (nSPS) is 14.3. The van der Waals surface area contributed by atoms with E-state index in [2.05, 4.69) is 15.9 Å². The summed E-state index contributed by atoms with van der Waals surface area (Å²) in [5.41, 5.74) is 1.98. The van der Waals surface area contributed by atoms with Crippen LogP contribution in [0, 0.1) is 0 Å². The van der Waals surface area contributed by atoms with Crippen molar-refractivity contribution < 1.29 is 14.3 Å². The van der Waals surface area contributed by atoms with Crippen molar-refractivity contribution in [2.75, 3.05) is 6.79 Å². The molecule has 0 radical (unpaired) electrons. The van der Waals surface area contributed by atoms with Gasteiger partial charge in [-0.05, 0) is 24.6 Å². The van der Waals surface area contributed by atoms with Gasteiger partial charge < -0.3 is 9.47 Å². The summed E-state index contributed by atoms with van der Waals surface area (Å²) in [7, 11) is 0. The van der Waals surface area contributed by atoms with E-state index in [-0.39, 0.29) is 12.6 Å². The summed E-state index contributed by atoms with van der Waals surface area (Å²) in [6.45, 7) is 2.43. The van der Waals surface area contributed by atoms with Crippen molar-refractivity contribution in [3.63, 3.8) is 0 Å². The van der Waals surface area contributed by atoms with E-state index in [0.29, 0.717) is 13.0 Å². The number of hydrogen-bond donors (Lipinski definition) is 0. The zero-order chi connectivity index (χ0) is 10.8. The number of ketones is 1. The number of fused-ring (bicyclic) bond motifs is 1. The van der Waals surface area contributed by atoms with Gasteiger partial charge in [0.25, 0.3) is 0 Å². The maximum Gasteiger partial charge on any atom is 0.189 e. The predicted molar refractivity (Wildman–Crippen MR) is 58.8 cm³/mol. The number of Topliss-reactive ketones (excluding diaryl/α,β-unsaturated/α-hetero) is 1. The molecule has 80 valence electrons. The van der Waals surface area contributed by atoms with E-state index >= 15 is 0 Å². The highest BCUT2D eigenvalue weighted by Gasteiger charge is 2.14. The van der Waals surface area contributed by atoms with Crippen LogP contribution in [-0.4, -0.2) is 12.6 Å². The molecule has 4 heteroatoms. The van der Waals surface area contributed by atoms with Crippen LogP contribution in [0.4, 0.5) is 0 Å². The summed E-state index contributed by atoms with van der Waals surface area (Å²) < 4.78 is 11.4. The smallest absolute Gasteiger partial charge is 0.189 e. The molecule has 1 aromatic carbocycles. The molecule has 0 fully saturated rings. The Hall–Kier alpha value is -0.870. The molecule has 0 amide bonds. The van der Waals surface area contributed by atoms with Crippen molar-refractivity contribution in [1.29, 1.82) is 0 Å². The number of benzene rings is 1. The topological polar surface area (TPSA) is 35.5 Å². The summed E-state index contributed by atoms with van der Waals surface area (Å²) in [4.78, 5) is 11.0. The Morgan fingerprint density at radius 3 is 3.07 bits per heavy atom. The number of ether oxygens (including phenoxy) is 2. The molecule has 1 aliphatic rings. The SMILES string of the molecule is CC(=O)Cc1cc2c(cc1Br)COCO2. The van der Waals surface area contributed by atoms with Crippen LogP contribution in [0.2, 0.25) is 0 Å². The minimum absolute atomic E-state index is 0.141. The van der Waals surface area contributed by atoms with Gasteiger partial charge in [-0.15, -0.1) is 0 Å². The van der Waals surface area contributed by atoms with Crippen LogP contribution in [0.25, 0.3) is 0 Å². The highest BCUT2D eigenvalue weighted by atomic mass is 79.9. The van der Waals surface area contributed by atoms with E-state index in [0.717, 1.165) is 21.3 Å². The van der Waals surface area contributed by atoms with Crippen molar-refractivity contribution in [2.24, 2.45) is 0 Å². The lowest BCUT2D eigenvalue weighted by Gasteiger charge is -2.19. The molecule has 0 saturated heterocycles. The van der Waals surface area contributed by atoms with Gasteiger partial charge in [-0.1, -0.05) is 15.9 Å². The van der Waals surface area contributed by atoms with Crippen LogP contribution in [0.1, 0.15) is 18.1 Å². The van der Waals surface area contributed by atoms with Crippen molar-refractivity contribution in [1.82, 2.24) is 0 Å². The number of halogens is 1. The Balaban J connectivity index is 2.36. The fourth-order valence-corrected chi connectivity index (χ4v) is 2.08. The molecule has 1 aromatic rings. The van der Waals surface area contributed by atoms with Gasteiger partial charge in [-0.2, -0.15) is 0 Å². The minimum atomic E-state index is 0.141. The zero-order valence-electron chi connectivity index (χ0n) is 8.38. The van der Waals surface area contributed by atoms with Crippen LogP contribution in [0.15, 0.2) is 16.6 Å². The molecule has 0 bridgehead atoms. The Labute approximate surface area is 96.5 Å². The van der Waals surface area contributed by atoms with Crippen LogP contribution in [0.3, 0.4) is 0 Å². The van der Waals surface area contributed by atoms with Gasteiger partial charge in [0, 0.05) is 16.5 Å². The zero-order valence-corrected chi connectivity index (χ0v) is 9.96. The second kappa shape index (κ2) is 4.33. The Morgan fingerprint density at radius 2 is 2.33 bits per heavy atom. The molecule has 0 saturated carbocycles. The molecule has 0 atom stereocenters. The largest absolute Gasteiger partial charge is 0.467 e. The second-order valence-electron chi connectivity index (χ2n) is 3.54. The van der Waals surface area contributed by atoms with Crippen molar-refractivity contribution >= 4 is 21.7 Å². The highest BCUT2D eigenvalue weighted by Crippen LogP contribution is 2.30. The first kappa shape index (κ1) is 10.6. The fraction of sp³-hybridized carbons (Fsp3) is 0.364. The molecule has 0 aliphatic carbocycles. The van der Waals surface area contributed by atoms with Crippen molar-refractivity contribution in [2.45, 2.75) is 20.0 Å². The Morgan fingerprint density at radius 1 is 1.53 bits per heavy atom. The van der Waals surface area contributed by atoms with Crippen molar-refractivity contribution in [3.8, 4) is 5.75 Å². The summed E-state index contributed by atoms with van der Waals surface area (Å²) >= 11 is 3.44. The summed E-state index contributed by atoms with van der Waals surface area (Å²) in [5, 5.41) is 0. The quantitative estimate of drug-likeness (QED) is 0.828. The molecular weight excluding hydrogens is 260 g/mol. The van der Waals surface area contributed by atoms with Crippen molar-refractivity contribution in [3.05, 3.63) is 27.7 Å². The number of carbonyl (C=O) groups is 1. The minimum Gasteiger partial charge on any atom is -0.467 e. The van der Waals surface area contributed by atoms with Gasteiger partial charge in [0.2, 0.25) is 0 Å². The molecule has 0 aromatic heterocycles. The van der Waals surface area contributed by atoms with Crippen LogP contribution < -0.4 is 4.74 Å². The average Bonchev–Trinajstić information content (AvgIpc) is 2.18. The highest BCUT2D eigenvalue weighted by molar-refractivity contribution is 9.10. The first-order valence-corrected chi connectivity index (χ1v) is 5.47. The third kappa shape index (κ3) is 2.38. The predicted octanol–water partition coefficient (Wildman–Crippen LogP) is 2.45. The molecule has 1 heterocycles. The Kier molecular flexibility index (Phi) is 3.07. The molecule has 0 spiro atoms. The Bertz CT molecular complexity index is 401. The third-order valence-corrected chi connectivity index (χ3v) is 2.96. The van der Waals surface area contributed by atoms with Gasteiger partial charge in [-0.3, -0.25) is 4.79 Å². The van der Waals surface area contributed by atoms with E-state index in [1.807, 2.05) is 12.1 Å². The van der Waals surface area contributed by atoms with Gasteiger partial charge >= 0.3 is 0 Å². The molecule has 0 unspecified atom stereocenters. The number of carbonyl (C=O) groups excluding carboxylic acids is 1. The molecule has 0 N–H and O–H groups in total. The third-order valence-electron chi connectivity index (χ3n) is 2.22. The first-order valence-electron chi connectivity index (χ1n) is 4.68. The molecule has 3 nitrogen and oxygen atoms in total. The summed E-state index contributed by atoms with van der Waals surface area (Å²) in [5.74, 6) is 0.961.